The van der Waals surface area contributed by atoms with Crippen molar-refractivity contribution in [1.82, 2.24) is 0 Å². The van der Waals surface area contributed by atoms with E-state index in [1.807, 2.05) is 31.2 Å². The molecule has 0 fully saturated rings. The average molecular weight is 314 g/mol. The molecule has 22 heavy (non-hydrogen) atoms. The van der Waals surface area contributed by atoms with E-state index in [-0.39, 0.29) is 10.8 Å². The molecule has 0 atom stereocenters. The first-order chi connectivity index (χ1) is 10.3. The van der Waals surface area contributed by atoms with Crippen molar-refractivity contribution in [2.24, 2.45) is 5.14 Å². The molecule has 2 aromatic carbocycles. The predicted octanol–water partition coefficient (Wildman–Crippen LogP) is 2.14. The van der Waals surface area contributed by atoms with Crippen LogP contribution >= 0.6 is 0 Å². The van der Waals surface area contributed by atoms with Crippen LogP contribution in [0.1, 0.15) is 16.7 Å². The molecule has 1 aliphatic rings. The molecule has 6 heteroatoms. The Morgan fingerprint density at radius 2 is 1.91 bits per heavy atom. The largest absolute Gasteiger partial charge is 0.321 e. The summed E-state index contributed by atoms with van der Waals surface area (Å²) in [7, 11) is -3.81. The summed E-state index contributed by atoms with van der Waals surface area (Å²) in [4.78, 5) is 12.1. The number of aryl methyl sites for hydroxylation is 1. The van der Waals surface area contributed by atoms with Crippen LogP contribution in [0.25, 0.3) is 11.6 Å². The summed E-state index contributed by atoms with van der Waals surface area (Å²) in [5.74, 6) is -0.261. The summed E-state index contributed by atoms with van der Waals surface area (Å²) in [6.07, 6.45) is 1.74. The minimum absolute atomic E-state index is 0.0158. The van der Waals surface area contributed by atoms with Gasteiger partial charge in [-0.1, -0.05) is 29.8 Å². The van der Waals surface area contributed by atoms with E-state index >= 15 is 0 Å². The van der Waals surface area contributed by atoms with Crippen molar-refractivity contribution in [1.29, 1.82) is 0 Å². The molecule has 5 nitrogen and oxygen atoms in total. The van der Waals surface area contributed by atoms with Crippen molar-refractivity contribution in [2.75, 3.05) is 5.32 Å². The zero-order valence-electron chi connectivity index (χ0n) is 11.8. The Morgan fingerprint density at radius 3 is 2.59 bits per heavy atom. The highest BCUT2D eigenvalue weighted by atomic mass is 32.2. The van der Waals surface area contributed by atoms with Gasteiger partial charge in [-0.15, -0.1) is 0 Å². The van der Waals surface area contributed by atoms with Crippen LogP contribution < -0.4 is 10.5 Å². The number of anilines is 1. The zero-order chi connectivity index (χ0) is 15.9. The average Bonchev–Trinajstić information content (AvgIpc) is 2.74. The van der Waals surface area contributed by atoms with Gasteiger partial charge in [0.2, 0.25) is 10.0 Å². The molecular formula is C16H14N2O3S. The van der Waals surface area contributed by atoms with Crippen molar-refractivity contribution in [3.05, 3.63) is 59.2 Å². The maximum atomic E-state index is 12.1. The first-order valence-corrected chi connectivity index (χ1v) is 8.16. The highest BCUT2D eigenvalue weighted by molar-refractivity contribution is 7.89. The van der Waals surface area contributed by atoms with Crippen LogP contribution in [-0.2, 0) is 14.8 Å². The third-order valence-electron chi connectivity index (χ3n) is 3.46. The molecule has 0 saturated heterocycles. The van der Waals surface area contributed by atoms with E-state index in [1.54, 1.807) is 12.1 Å². The molecule has 0 aromatic heterocycles. The molecule has 1 amide bonds. The van der Waals surface area contributed by atoms with Crippen LogP contribution in [-0.4, -0.2) is 14.3 Å². The highest BCUT2D eigenvalue weighted by Crippen LogP contribution is 2.34. The van der Waals surface area contributed by atoms with Gasteiger partial charge < -0.3 is 5.32 Å². The fraction of sp³-hybridized carbons (Fsp3) is 0.0625. The molecule has 0 unspecified atom stereocenters. The Labute approximate surface area is 128 Å². The lowest BCUT2D eigenvalue weighted by atomic mass is 10.0. The zero-order valence-corrected chi connectivity index (χ0v) is 12.6. The van der Waals surface area contributed by atoms with Crippen LogP contribution in [0.2, 0.25) is 0 Å². The van der Waals surface area contributed by atoms with Gasteiger partial charge in [-0.3, -0.25) is 4.79 Å². The molecule has 0 spiro atoms. The number of primary sulfonamides is 1. The molecule has 0 bridgehead atoms. The second-order valence-electron chi connectivity index (χ2n) is 5.18. The van der Waals surface area contributed by atoms with E-state index in [2.05, 4.69) is 5.32 Å². The van der Waals surface area contributed by atoms with E-state index in [0.717, 1.165) is 11.1 Å². The van der Waals surface area contributed by atoms with Crippen molar-refractivity contribution < 1.29 is 13.2 Å². The number of rotatable bonds is 2. The Kier molecular flexibility index (Phi) is 3.35. The normalized spacial score (nSPS) is 15.7. The number of fused-ring (bicyclic) bond motifs is 1. The Bertz CT molecular complexity index is 915. The number of hydrogen-bond acceptors (Lipinski definition) is 3. The predicted molar refractivity (Wildman–Crippen MR) is 85.5 cm³/mol. The summed E-state index contributed by atoms with van der Waals surface area (Å²) < 4.78 is 23.0. The molecule has 0 radical (unpaired) electrons. The van der Waals surface area contributed by atoms with Crippen LogP contribution in [0.4, 0.5) is 5.69 Å². The van der Waals surface area contributed by atoms with Gasteiger partial charge in [0.1, 0.15) is 0 Å². The molecular weight excluding hydrogens is 300 g/mol. The van der Waals surface area contributed by atoms with Gasteiger partial charge in [0.25, 0.3) is 5.91 Å². The SMILES string of the molecule is Cc1cccc(C=C2C(=O)Nc3ccc(S(N)(=O)=O)cc32)c1. The third-order valence-corrected chi connectivity index (χ3v) is 4.37. The Hall–Kier alpha value is -2.44. The molecule has 0 aliphatic carbocycles. The van der Waals surface area contributed by atoms with Gasteiger partial charge in [0.15, 0.2) is 0 Å². The number of hydrogen-bond donors (Lipinski definition) is 2. The number of nitrogens with two attached hydrogens (primary N) is 1. The molecule has 1 aliphatic heterocycles. The molecule has 0 saturated carbocycles. The first-order valence-electron chi connectivity index (χ1n) is 6.61. The maximum Gasteiger partial charge on any atom is 0.256 e. The highest BCUT2D eigenvalue weighted by Gasteiger charge is 2.25. The quantitative estimate of drug-likeness (QED) is 0.832. The number of amides is 1. The van der Waals surface area contributed by atoms with E-state index in [9.17, 15) is 13.2 Å². The number of carbonyl (C=O) groups excluding carboxylic acids is 1. The van der Waals surface area contributed by atoms with Crippen molar-refractivity contribution in [3.63, 3.8) is 0 Å². The molecule has 3 N–H and O–H groups in total. The van der Waals surface area contributed by atoms with Gasteiger partial charge in [0.05, 0.1) is 4.90 Å². The lowest BCUT2D eigenvalue weighted by molar-refractivity contribution is -0.110. The third kappa shape index (κ3) is 2.66. The molecule has 1 heterocycles. The number of sulfonamides is 1. The van der Waals surface area contributed by atoms with Crippen molar-refractivity contribution >= 4 is 33.3 Å². The van der Waals surface area contributed by atoms with Crippen molar-refractivity contribution in [2.45, 2.75) is 11.8 Å². The minimum Gasteiger partial charge on any atom is -0.321 e. The summed E-state index contributed by atoms with van der Waals surface area (Å²) in [6, 6.07) is 12.0. The molecule has 112 valence electrons. The Balaban J connectivity index is 2.14. The van der Waals surface area contributed by atoms with Crippen LogP contribution in [0.3, 0.4) is 0 Å². The number of carbonyl (C=O) groups is 1. The van der Waals surface area contributed by atoms with Gasteiger partial charge in [-0.2, -0.15) is 0 Å². The standard InChI is InChI=1S/C16H14N2O3S/c1-10-3-2-4-11(7-10)8-14-13-9-12(22(17,20)21)5-6-15(13)18-16(14)19/h2-9H,1H3,(H,18,19)(H2,17,20,21). The smallest absolute Gasteiger partial charge is 0.256 e. The Morgan fingerprint density at radius 1 is 1.14 bits per heavy atom. The van der Waals surface area contributed by atoms with Crippen molar-refractivity contribution in [3.8, 4) is 0 Å². The maximum absolute atomic E-state index is 12.1. The lowest BCUT2D eigenvalue weighted by Crippen LogP contribution is -2.12. The van der Waals surface area contributed by atoms with Crippen LogP contribution in [0, 0.1) is 6.92 Å². The molecule has 3 rings (SSSR count). The fourth-order valence-electron chi connectivity index (χ4n) is 2.41. The van der Waals surface area contributed by atoms with E-state index < -0.39 is 10.0 Å². The van der Waals surface area contributed by atoms with Gasteiger partial charge in [0, 0.05) is 16.8 Å². The second-order valence-corrected chi connectivity index (χ2v) is 6.74. The van der Waals surface area contributed by atoms with Crippen LogP contribution in [0.5, 0.6) is 0 Å². The monoisotopic (exact) mass is 314 g/mol. The second kappa shape index (κ2) is 5.08. The molecule has 2 aromatic rings. The summed E-state index contributed by atoms with van der Waals surface area (Å²) in [5, 5.41) is 7.87. The first kappa shape index (κ1) is 14.5. The van der Waals surface area contributed by atoms with Gasteiger partial charge >= 0.3 is 0 Å². The van der Waals surface area contributed by atoms with Gasteiger partial charge in [-0.05, 0) is 36.8 Å². The van der Waals surface area contributed by atoms with Gasteiger partial charge in [-0.25, -0.2) is 13.6 Å². The van der Waals surface area contributed by atoms with E-state index in [1.165, 1.54) is 12.1 Å². The van der Waals surface area contributed by atoms with E-state index in [0.29, 0.717) is 16.8 Å². The van der Waals surface area contributed by atoms with E-state index in [4.69, 9.17) is 5.14 Å². The number of nitrogens with one attached hydrogen (secondary N) is 1. The summed E-state index contributed by atoms with van der Waals surface area (Å²) in [5.41, 5.74) is 3.49. The number of benzene rings is 2. The fourth-order valence-corrected chi connectivity index (χ4v) is 2.95. The summed E-state index contributed by atoms with van der Waals surface area (Å²) in [6.45, 7) is 1.96. The summed E-state index contributed by atoms with van der Waals surface area (Å²) >= 11 is 0. The van der Waals surface area contributed by atoms with Crippen LogP contribution in [0.15, 0.2) is 47.4 Å². The minimum atomic E-state index is -3.81. The lowest BCUT2D eigenvalue weighted by Gasteiger charge is -2.03. The topological polar surface area (TPSA) is 89.3 Å².